The molecule has 5 nitrogen and oxygen atoms in total. The minimum absolute atomic E-state index is 0.0691. The number of hydrogen-bond donors (Lipinski definition) is 1. The zero-order valence-corrected chi connectivity index (χ0v) is 12.1. The first-order chi connectivity index (χ1) is 10.0. The Kier molecular flexibility index (Phi) is 4.55. The molecule has 0 aliphatic heterocycles. The van der Waals surface area contributed by atoms with Gasteiger partial charge >= 0.3 is 0 Å². The molecule has 0 saturated heterocycles. The maximum Gasteiger partial charge on any atom is 0.273 e. The third-order valence-electron chi connectivity index (χ3n) is 3.14. The van der Waals surface area contributed by atoms with Gasteiger partial charge in [-0.15, -0.1) is 0 Å². The lowest BCUT2D eigenvalue weighted by molar-refractivity contribution is -0.385. The van der Waals surface area contributed by atoms with Crippen LogP contribution in [0.2, 0.25) is 5.02 Å². The van der Waals surface area contributed by atoms with Crippen molar-refractivity contribution >= 4 is 23.2 Å². The van der Waals surface area contributed by atoms with Crippen molar-refractivity contribution in [3.63, 3.8) is 0 Å². The van der Waals surface area contributed by atoms with Gasteiger partial charge in [-0.1, -0.05) is 35.9 Å². The summed E-state index contributed by atoms with van der Waals surface area (Å²) in [6, 6.07) is 11.6. The molecule has 0 aliphatic carbocycles. The Bertz CT molecular complexity index is 701. The molecule has 2 aromatic carbocycles. The average molecular weight is 305 g/mol. The van der Waals surface area contributed by atoms with Gasteiger partial charge in [-0.25, -0.2) is 0 Å². The lowest BCUT2D eigenvalue weighted by atomic mass is 10.1. The van der Waals surface area contributed by atoms with Crippen LogP contribution in [0.1, 0.15) is 21.5 Å². The minimum Gasteiger partial charge on any atom is -0.348 e. The summed E-state index contributed by atoms with van der Waals surface area (Å²) in [6.45, 7) is 1.82. The fourth-order valence-electron chi connectivity index (χ4n) is 1.98. The Labute approximate surface area is 126 Å². The number of nitro groups is 1. The molecule has 6 heteroatoms. The molecule has 0 aliphatic rings. The monoisotopic (exact) mass is 304 g/mol. The number of nitrogens with zero attached hydrogens (tertiary/aromatic N) is 1. The molecule has 0 aromatic heterocycles. The molecular formula is C15H13ClN2O3. The number of hydrogen-bond acceptors (Lipinski definition) is 3. The number of amides is 1. The summed E-state index contributed by atoms with van der Waals surface area (Å²) in [5, 5.41) is 14.2. The normalized spacial score (nSPS) is 10.2. The summed E-state index contributed by atoms with van der Waals surface area (Å²) in [5.74, 6) is -0.365. The minimum atomic E-state index is -0.500. The number of benzene rings is 2. The van der Waals surface area contributed by atoms with Gasteiger partial charge in [-0.3, -0.25) is 14.9 Å². The molecule has 1 amide bonds. The van der Waals surface area contributed by atoms with Crippen LogP contribution in [-0.4, -0.2) is 10.8 Å². The standard InChI is InChI=1S/C15H13ClN2O3/c1-10-12(6-4-8-14(10)18(20)21)15(19)17-9-11-5-2-3-7-13(11)16/h2-8H,9H2,1H3,(H,17,19). The van der Waals surface area contributed by atoms with Crippen LogP contribution < -0.4 is 5.32 Å². The topological polar surface area (TPSA) is 72.2 Å². The third-order valence-corrected chi connectivity index (χ3v) is 3.51. The van der Waals surface area contributed by atoms with E-state index in [0.29, 0.717) is 10.6 Å². The van der Waals surface area contributed by atoms with E-state index in [1.165, 1.54) is 12.1 Å². The van der Waals surface area contributed by atoms with Crippen molar-refractivity contribution in [3.8, 4) is 0 Å². The molecule has 0 heterocycles. The molecule has 2 aromatic rings. The van der Waals surface area contributed by atoms with Gasteiger partial charge in [0.15, 0.2) is 0 Å². The van der Waals surface area contributed by atoms with Gasteiger partial charge in [-0.05, 0) is 24.6 Å². The maximum absolute atomic E-state index is 12.1. The average Bonchev–Trinajstić information content (AvgIpc) is 2.46. The molecule has 0 spiro atoms. The van der Waals surface area contributed by atoms with Gasteiger partial charge < -0.3 is 5.32 Å². The molecule has 21 heavy (non-hydrogen) atoms. The van der Waals surface area contributed by atoms with E-state index in [2.05, 4.69) is 5.32 Å². The Morgan fingerprint density at radius 2 is 1.95 bits per heavy atom. The smallest absolute Gasteiger partial charge is 0.273 e. The van der Waals surface area contributed by atoms with Crippen molar-refractivity contribution in [2.45, 2.75) is 13.5 Å². The zero-order valence-electron chi connectivity index (χ0n) is 11.3. The van der Waals surface area contributed by atoms with Crippen molar-refractivity contribution < 1.29 is 9.72 Å². The van der Waals surface area contributed by atoms with Crippen molar-refractivity contribution in [1.82, 2.24) is 5.32 Å². The summed E-state index contributed by atoms with van der Waals surface area (Å²) in [7, 11) is 0. The maximum atomic E-state index is 12.1. The van der Waals surface area contributed by atoms with Crippen LogP contribution >= 0.6 is 11.6 Å². The van der Waals surface area contributed by atoms with Crippen LogP contribution in [0.15, 0.2) is 42.5 Å². The summed E-state index contributed by atoms with van der Waals surface area (Å²) < 4.78 is 0. The quantitative estimate of drug-likeness (QED) is 0.694. The molecule has 0 radical (unpaired) electrons. The van der Waals surface area contributed by atoms with Crippen LogP contribution in [-0.2, 0) is 6.54 Å². The van der Waals surface area contributed by atoms with E-state index in [-0.39, 0.29) is 23.7 Å². The highest BCUT2D eigenvalue weighted by Gasteiger charge is 2.17. The van der Waals surface area contributed by atoms with Crippen molar-refractivity contribution in [1.29, 1.82) is 0 Å². The van der Waals surface area contributed by atoms with Crippen LogP contribution in [0, 0.1) is 17.0 Å². The van der Waals surface area contributed by atoms with E-state index >= 15 is 0 Å². The molecular weight excluding hydrogens is 292 g/mol. The second-order valence-corrected chi connectivity index (χ2v) is 4.89. The Balaban J connectivity index is 2.16. The summed E-state index contributed by atoms with van der Waals surface area (Å²) in [5.41, 5.74) is 1.35. The van der Waals surface area contributed by atoms with Gasteiger partial charge in [0.2, 0.25) is 0 Å². The van der Waals surface area contributed by atoms with Crippen molar-refractivity contribution in [2.75, 3.05) is 0 Å². The second kappa shape index (κ2) is 6.37. The van der Waals surface area contributed by atoms with E-state index < -0.39 is 4.92 Å². The van der Waals surface area contributed by atoms with Crippen LogP contribution in [0.5, 0.6) is 0 Å². The van der Waals surface area contributed by atoms with Crippen LogP contribution in [0.25, 0.3) is 0 Å². The van der Waals surface area contributed by atoms with E-state index in [0.717, 1.165) is 5.56 Å². The summed E-state index contributed by atoms with van der Waals surface area (Å²) in [4.78, 5) is 22.5. The highest BCUT2D eigenvalue weighted by atomic mass is 35.5. The van der Waals surface area contributed by atoms with Gasteiger partial charge in [0.1, 0.15) is 0 Å². The van der Waals surface area contributed by atoms with Crippen LogP contribution in [0.4, 0.5) is 5.69 Å². The van der Waals surface area contributed by atoms with E-state index in [1.54, 1.807) is 25.1 Å². The van der Waals surface area contributed by atoms with E-state index in [9.17, 15) is 14.9 Å². The number of carbonyl (C=O) groups excluding carboxylic acids is 1. The number of rotatable bonds is 4. The Hall–Kier alpha value is -2.40. The fourth-order valence-corrected chi connectivity index (χ4v) is 2.18. The van der Waals surface area contributed by atoms with Gasteiger partial charge in [0.25, 0.3) is 11.6 Å². The predicted molar refractivity (Wildman–Crippen MR) is 80.5 cm³/mol. The Morgan fingerprint density at radius 1 is 1.24 bits per heavy atom. The summed E-state index contributed by atoms with van der Waals surface area (Å²) in [6.07, 6.45) is 0. The molecule has 0 unspecified atom stereocenters. The molecule has 2 rings (SSSR count). The zero-order chi connectivity index (χ0) is 15.4. The molecule has 0 atom stereocenters. The first-order valence-electron chi connectivity index (χ1n) is 6.26. The molecule has 0 fully saturated rings. The number of nitro benzene ring substituents is 1. The molecule has 0 saturated carbocycles. The summed E-state index contributed by atoms with van der Waals surface area (Å²) >= 11 is 6.01. The largest absolute Gasteiger partial charge is 0.348 e. The number of nitrogens with one attached hydrogen (secondary N) is 1. The number of carbonyl (C=O) groups is 1. The van der Waals surface area contributed by atoms with Crippen molar-refractivity contribution in [2.24, 2.45) is 0 Å². The van der Waals surface area contributed by atoms with Gasteiger partial charge in [-0.2, -0.15) is 0 Å². The van der Waals surface area contributed by atoms with Crippen LogP contribution in [0.3, 0.4) is 0 Å². The number of halogens is 1. The second-order valence-electron chi connectivity index (χ2n) is 4.48. The lowest BCUT2D eigenvalue weighted by Gasteiger charge is -2.09. The SMILES string of the molecule is Cc1c(C(=O)NCc2ccccc2Cl)cccc1[N+](=O)[O-]. The lowest BCUT2D eigenvalue weighted by Crippen LogP contribution is -2.24. The molecule has 1 N–H and O–H groups in total. The van der Waals surface area contributed by atoms with Gasteiger partial charge in [0, 0.05) is 28.8 Å². The van der Waals surface area contributed by atoms with Crippen molar-refractivity contribution in [3.05, 3.63) is 74.3 Å². The third kappa shape index (κ3) is 3.38. The first-order valence-corrected chi connectivity index (χ1v) is 6.64. The highest BCUT2D eigenvalue weighted by molar-refractivity contribution is 6.31. The van der Waals surface area contributed by atoms with E-state index in [1.807, 2.05) is 12.1 Å². The molecule has 108 valence electrons. The van der Waals surface area contributed by atoms with E-state index in [4.69, 9.17) is 11.6 Å². The first kappa shape index (κ1) is 15.0. The predicted octanol–water partition coefficient (Wildman–Crippen LogP) is 3.49. The fraction of sp³-hybridized carbons (Fsp3) is 0.133. The highest BCUT2D eigenvalue weighted by Crippen LogP contribution is 2.21. The molecule has 0 bridgehead atoms. The Morgan fingerprint density at radius 3 is 2.62 bits per heavy atom. The van der Waals surface area contributed by atoms with Gasteiger partial charge in [0.05, 0.1) is 4.92 Å².